The van der Waals surface area contributed by atoms with Crippen molar-refractivity contribution in [3.63, 3.8) is 0 Å². The van der Waals surface area contributed by atoms with Crippen LogP contribution in [-0.2, 0) is 11.2 Å². The molecule has 3 aromatic carbocycles. The van der Waals surface area contributed by atoms with E-state index < -0.39 is 0 Å². The monoisotopic (exact) mass is 422 g/mol. The van der Waals surface area contributed by atoms with E-state index in [0.717, 1.165) is 10.9 Å². The number of aromatic nitrogens is 1. The minimum Gasteiger partial charge on any atom is -0.350 e. The highest BCUT2D eigenvalue weighted by Crippen LogP contribution is 2.31. The van der Waals surface area contributed by atoms with Gasteiger partial charge < -0.3 is 10.3 Å². The molecule has 144 valence electrons. The van der Waals surface area contributed by atoms with E-state index in [1.807, 2.05) is 6.07 Å². The number of amides is 1. The standard InChI is InChI=1S/C23H16Cl2N2O2/c24-16-8-6-14(7-9-16)12-20(28)27-21-18-11-10-17(25)13-19(18)26-22(21)23(29)15-4-2-1-3-5-15/h1-11,13,26H,12H2,(H,27,28). The zero-order valence-electron chi connectivity index (χ0n) is 15.2. The number of benzene rings is 3. The number of H-pyrrole nitrogens is 1. The molecule has 0 atom stereocenters. The molecule has 4 rings (SSSR count). The lowest BCUT2D eigenvalue weighted by Gasteiger charge is -2.08. The second-order valence-corrected chi connectivity index (χ2v) is 7.48. The highest BCUT2D eigenvalue weighted by atomic mass is 35.5. The van der Waals surface area contributed by atoms with E-state index in [1.54, 1.807) is 66.7 Å². The van der Waals surface area contributed by atoms with Crippen molar-refractivity contribution >= 4 is 51.5 Å². The molecule has 2 N–H and O–H groups in total. The van der Waals surface area contributed by atoms with E-state index in [0.29, 0.717) is 32.5 Å². The van der Waals surface area contributed by atoms with Crippen LogP contribution in [0, 0.1) is 0 Å². The molecule has 0 aliphatic carbocycles. The Morgan fingerprint density at radius 3 is 2.28 bits per heavy atom. The Hall–Kier alpha value is -3.08. The summed E-state index contributed by atoms with van der Waals surface area (Å²) in [6.45, 7) is 0. The minimum absolute atomic E-state index is 0.163. The van der Waals surface area contributed by atoms with E-state index in [1.165, 1.54) is 0 Å². The molecule has 0 fully saturated rings. The van der Waals surface area contributed by atoms with Gasteiger partial charge in [0.15, 0.2) is 0 Å². The van der Waals surface area contributed by atoms with Crippen molar-refractivity contribution in [2.45, 2.75) is 6.42 Å². The van der Waals surface area contributed by atoms with Crippen LogP contribution < -0.4 is 5.32 Å². The average molecular weight is 423 g/mol. The number of anilines is 1. The summed E-state index contributed by atoms with van der Waals surface area (Å²) in [5.41, 5.74) is 2.80. The van der Waals surface area contributed by atoms with Crippen LogP contribution in [0.15, 0.2) is 72.8 Å². The van der Waals surface area contributed by atoms with Gasteiger partial charge >= 0.3 is 0 Å². The van der Waals surface area contributed by atoms with E-state index >= 15 is 0 Å². The maximum Gasteiger partial charge on any atom is 0.228 e. The first-order valence-corrected chi connectivity index (χ1v) is 9.72. The quantitative estimate of drug-likeness (QED) is 0.394. The normalized spacial score (nSPS) is 10.8. The summed E-state index contributed by atoms with van der Waals surface area (Å²) >= 11 is 12.0. The maximum atomic E-state index is 13.1. The lowest BCUT2D eigenvalue weighted by Crippen LogP contribution is -2.16. The van der Waals surface area contributed by atoms with E-state index in [9.17, 15) is 9.59 Å². The molecule has 0 saturated heterocycles. The zero-order chi connectivity index (χ0) is 20.4. The first-order valence-electron chi connectivity index (χ1n) is 8.96. The number of carbonyl (C=O) groups is 2. The fourth-order valence-electron chi connectivity index (χ4n) is 3.17. The summed E-state index contributed by atoms with van der Waals surface area (Å²) in [5.74, 6) is -0.440. The van der Waals surface area contributed by atoms with Gasteiger partial charge in [0.1, 0.15) is 5.69 Å². The summed E-state index contributed by atoms with van der Waals surface area (Å²) in [4.78, 5) is 28.9. The van der Waals surface area contributed by atoms with Crippen molar-refractivity contribution in [1.29, 1.82) is 0 Å². The number of halogens is 2. The summed E-state index contributed by atoms with van der Waals surface area (Å²) < 4.78 is 0. The van der Waals surface area contributed by atoms with Crippen molar-refractivity contribution in [3.8, 4) is 0 Å². The topological polar surface area (TPSA) is 62.0 Å². The number of aromatic amines is 1. The SMILES string of the molecule is O=C(Cc1ccc(Cl)cc1)Nc1c(C(=O)c2ccccc2)[nH]c2cc(Cl)ccc12. The van der Waals surface area contributed by atoms with Gasteiger partial charge in [-0.2, -0.15) is 0 Å². The van der Waals surface area contributed by atoms with E-state index in [-0.39, 0.29) is 18.1 Å². The van der Waals surface area contributed by atoms with Gasteiger partial charge in [-0.1, -0.05) is 65.7 Å². The van der Waals surface area contributed by atoms with Gasteiger partial charge in [0.05, 0.1) is 12.1 Å². The predicted octanol–water partition coefficient (Wildman–Crippen LogP) is 5.89. The zero-order valence-corrected chi connectivity index (χ0v) is 16.7. The lowest BCUT2D eigenvalue weighted by atomic mass is 10.1. The Balaban J connectivity index is 1.70. The molecule has 0 spiro atoms. The summed E-state index contributed by atoms with van der Waals surface area (Å²) in [5, 5.41) is 4.77. The fourth-order valence-corrected chi connectivity index (χ4v) is 3.47. The first kappa shape index (κ1) is 19.2. The molecule has 1 aromatic heterocycles. The molecule has 29 heavy (non-hydrogen) atoms. The number of hydrogen-bond donors (Lipinski definition) is 2. The fraction of sp³-hybridized carbons (Fsp3) is 0.0435. The largest absolute Gasteiger partial charge is 0.350 e. The van der Waals surface area contributed by atoms with Crippen LogP contribution in [-0.4, -0.2) is 16.7 Å². The number of hydrogen-bond acceptors (Lipinski definition) is 2. The molecule has 4 aromatic rings. The molecule has 0 bridgehead atoms. The molecule has 1 heterocycles. The molecule has 6 heteroatoms. The van der Waals surface area contributed by atoms with Crippen LogP contribution in [0.4, 0.5) is 5.69 Å². The molecule has 0 radical (unpaired) electrons. The van der Waals surface area contributed by atoms with E-state index in [4.69, 9.17) is 23.2 Å². The van der Waals surface area contributed by atoms with Crippen LogP contribution in [0.3, 0.4) is 0 Å². The average Bonchev–Trinajstić information content (AvgIpc) is 3.07. The third-order valence-corrected chi connectivity index (χ3v) is 5.05. The number of ketones is 1. The van der Waals surface area contributed by atoms with Gasteiger partial charge in [-0.15, -0.1) is 0 Å². The molecular weight excluding hydrogens is 407 g/mol. The third kappa shape index (κ3) is 4.19. The summed E-state index contributed by atoms with van der Waals surface area (Å²) in [7, 11) is 0. The molecule has 0 aliphatic rings. The van der Waals surface area contributed by atoms with Crippen LogP contribution in [0.5, 0.6) is 0 Å². The summed E-state index contributed by atoms with van der Waals surface area (Å²) in [6.07, 6.45) is 0.163. The van der Waals surface area contributed by atoms with Gasteiger partial charge in [0, 0.05) is 26.5 Å². The van der Waals surface area contributed by atoms with Gasteiger partial charge in [-0.05, 0) is 35.9 Å². The maximum absolute atomic E-state index is 13.1. The van der Waals surface area contributed by atoms with Crippen molar-refractivity contribution in [3.05, 3.63) is 99.7 Å². The van der Waals surface area contributed by atoms with Gasteiger partial charge in [0.25, 0.3) is 0 Å². The van der Waals surface area contributed by atoms with Crippen LogP contribution in [0.25, 0.3) is 10.9 Å². The Morgan fingerprint density at radius 1 is 0.862 bits per heavy atom. The highest BCUT2D eigenvalue weighted by Gasteiger charge is 2.21. The Kier molecular flexibility index (Phi) is 5.38. The smallest absolute Gasteiger partial charge is 0.228 e. The Morgan fingerprint density at radius 2 is 1.55 bits per heavy atom. The Bertz CT molecular complexity index is 1200. The number of rotatable bonds is 5. The van der Waals surface area contributed by atoms with Gasteiger partial charge in [-0.3, -0.25) is 9.59 Å². The first-order chi connectivity index (χ1) is 14.0. The molecule has 1 amide bonds. The second kappa shape index (κ2) is 8.11. The minimum atomic E-state index is -0.231. The molecular formula is C23H16Cl2N2O2. The number of carbonyl (C=O) groups excluding carboxylic acids is 2. The predicted molar refractivity (Wildman–Crippen MR) is 117 cm³/mol. The van der Waals surface area contributed by atoms with Gasteiger partial charge in [0.2, 0.25) is 11.7 Å². The van der Waals surface area contributed by atoms with Crippen LogP contribution in [0.1, 0.15) is 21.6 Å². The third-order valence-electron chi connectivity index (χ3n) is 4.57. The lowest BCUT2D eigenvalue weighted by molar-refractivity contribution is -0.115. The second-order valence-electron chi connectivity index (χ2n) is 6.61. The van der Waals surface area contributed by atoms with Crippen molar-refractivity contribution in [2.75, 3.05) is 5.32 Å². The Labute approximate surface area is 177 Å². The highest BCUT2D eigenvalue weighted by molar-refractivity contribution is 6.31. The van der Waals surface area contributed by atoms with Crippen LogP contribution >= 0.6 is 23.2 Å². The summed E-state index contributed by atoms with van der Waals surface area (Å²) in [6, 6.07) is 21.2. The number of nitrogens with one attached hydrogen (secondary N) is 2. The molecule has 4 nitrogen and oxygen atoms in total. The molecule has 0 unspecified atom stereocenters. The van der Waals surface area contributed by atoms with Crippen molar-refractivity contribution in [1.82, 2.24) is 4.98 Å². The number of fused-ring (bicyclic) bond motifs is 1. The molecule has 0 saturated carbocycles. The van der Waals surface area contributed by atoms with Gasteiger partial charge in [-0.25, -0.2) is 0 Å². The van der Waals surface area contributed by atoms with Crippen LogP contribution in [0.2, 0.25) is 10.0 Å². The van der Waals surface area contributed by atoms with Crippen molar-refractivity contribution in [2.24, 2.45) is 0 Å². The van der Waals surface area contributed by atoms with E-state index in [2.05, 4.69) is 10.3 Å². The molecule has 0 aliphatic heterocycles. The van der Waals surface area contributed by atoms with Crippen molar-refractivity contribution < 1.29 is 9.59 Å².